The minimum absolute atomic E-state index is 0.00429. The van der Waals surface area contributed by atoms with Crippen LogP contribution in [-0.2, 0) is 0 Å². The molecule has 0 saturated carbocycles. The number of aromatic amines is 1. The Balaban J connectivity index is 1.84. The van der Waals surface area contributed by atoms with Gasteiger partial charge in [-0.05, 0) is 30.3 Å². The third-order valence-corrected chi connectivity index (χ3v) is 3.22. The van der Waals surface area contributed by atoms with Gasteiger partial charge in [0.05, 0.1) is 11.2 Å². The Labute approximate surface area is 133 Å². The maximum atomic E-state index is 14.0. The monoisotopic (exact) mass is 333 g/mol. The van der Waals surface area contributed by atoms with Crippen LogP contribution in [0.1, 0.15) is 0 Å². The van der Waals surface area contributed by atoms with Gasteiger partial charge in [0.25, 0.3) is 0 Å². The number of amides is 2. The number of pyridine rings is 1. The first kappa shape index (κ1) is 15.6. The van der Waals surface area contributed by atoms with Crippen LogP contribution in [0.15, 0.2) is 47.3 Å². The van der Waals surface area contributed by atoms with E-state index in [1.54, 1.807) is 0 Å². The van der Waals surface area contributed by atoms with Crippen molar-refractivity contribution >= 4 is 28.3 Å². The summed E-state index contributed by atoms with van der Waals surface area (Å²) in [6.07, 6.45) is 0. The summed E-state index contributed by atoms with van der Waals surface area (Å²) in [5.41, 5.74) is -0.717. The fourth-order valence-corrected chi connectivity index (χ4v) is 2.17. The molecule has 122 valence electrons. The number of carbonyl (C=O) groups is 1. The quantitative estimate of drug-likeness (QED) is 0.670. The molecule has 0 unspecified atom stereocenters. The van der Waals surface area contributed by atoms with E-state index in [1.165, 1.54) is 18.2 Å². The zero-order chi connectivity index (χ0) is 17.3. The van der Waals surface area contributed by atoms with E-state index < -0.39 is 29.0 Å². The number of hydrogen-bond donors (Lipinski definition) is 3. The molecule has 2 amide bonds. The number of H-pyrrole nitrogens is 1. The molecule has 3 N–H and O–H groups in total. The summed E-state index contributed by atoms with van der Waals surface area (Å²) in [4.78, 5) is 25.4. The zero-order valence-electron chi connectivity index (χ0n) is 12.0. The lowest BCUT2D eigenvalue weighted by atomic mass is 10.2. The molecule has 0 radical (unpaired) electrons. The molecule has 0 aliphatic heterocycles. The summed E-state index contributed by atoms with van der Waals surface area (Å²) >= 11 is 0. The van der Waals surface area contributed by atoms with Gasteiger partial charge >= 0.3 is 6.03 Å². The van der Waals surface area contributed by atoms with Crippen molar-refractivity contribution in [2.24, 2.45) is 0 Å². The van der Waals surface area contributed by atoms with E-state index >= 15 is 0 Å². The minimum Gasteiger partial charge on any atom is -0.319 e. The van der Waals surface area contributed by atoms with Crippen LogP contribution in [-0.4, -0.2) is 11.0 Å². The SMILES string of the molecule is O=C(Nc1cc(F)c2[nH]c(=O)ccc2c1)Nc1cc(F)ccc1F. The number of benzene rings is 2. The molecule has 1 aromatic heterocycles. The van der Waals surface area contributed by atoms with E-state index in [1.807, 2.05) is 0 Å². The third kappa shape index (κ3) is 3.22. The van der Waals surface area contributed by atoms with Gasteiger partial charge in [0.2, 0.25) is 5.56 Å². The molecular formula is C16H10F3N3O2. The molecule has 0 bridgehead atoms. The van der Waals surface area contributed by atoms with Crippen molar-refractivity contribution in [2.45, 2.75) is 0 Å². The van der Waals surface area contributed by atoms with Gasteiger partial charge in [-0.15, -0.1) is 0 Å². The van der Waals surface area contributed by atoms with Crippen LogP contribution in [0.4, 0.5) is 29.3 Å². The average Bonchev–Trinajstić information content (AvgIpc) is 2.52. The number of anilines is 2. The fraction of sp³-hybridized carbons (Fsp3) is 0. The molecule has 0 fully saturated rings. The largest absolute Gasteiger partial charge is 0.323 e. The van der Waals surface area contributed by atoms with Gasteiger partial charge < -0.3 is 15.6 Å². The molecule has 1 heterocycles. The minimum atomic E-state index is -0.873. The lowest BCUT2D eigenvalue weighted by Gasteiger charge is -2.10. The van der Waals surface area contributed by atoms with Crippen LogP contribution < -0.4 is 16.2 Å². The van der Waals surface area contributed by atoms with Gasteiger partial charge in [-0.3, -0.25) is 4.79 Å². The van der Waals surface area contributed by atoms with E-state index in [0.717, 1.165) is 24.3 Å². The lowest BCUT2D eigenvalue weighted by molar-refractivity contribution is 0.262. The number of halogens is 3. The van der Waals surface area contributed by atoms with E-state index in [4.69, 9.17) is 0 Å². The number of hydrogen-bond acceptors (Lipinski definition) is 2. The maximum absolute atomic E-state index is 14.0. The first-order chi connectivity index (χ1) is 11.4. The topological polar surface area (TPSA) is 74.0 Å². The summed E-state index contributed by atoms with van der Waals surface area (Å²) in [5.74, 6) is -2.27. The van der Waals surface area contributed by atoms with Gasteiger partial charge in [-0.1, -0.05) is 0 Å². The van der Waals surface area contributed by atoms with Gasteiger partial charge in [0.15, 0.2) is 0 Å². The Morgan fingerprint density at radius 1 is 0.917 bits per heavy atom. The molecule has 0 spiro atoms. The smallest absolute Gasteiger partial charge is 0.319 e. The van der Waals surface area contributed by atoms with Crippen LogP contribution in [0.25, 0.3) is 10.9 Å². The molecule has 0 aliphatic carbocycles. The molecule has 2 aromatic carbocycles. The molecule has 0 aliphatic rings. The van der Waals surface area contributed by atoms with Crippen LogP contribution in [0, 0.1) is 17.5 Å². The van der Waals surface area contributed by atoms with Crippen molar-refractivity contribution in [3.8, 4) is 0 Å². The molecule has 5 nitrogen and oxygen atoms in total. The lowest BCUT2D eigenvalue weighted by Crippen LogP contribution is -2.20. The Hall–Kier alpha value is -3.29. The van der Waals surface area contributed by atoms with Gasteiger partial charge in [0, 0.05) is 23.2 Å². The van der Waals surface area contributed by atoms with Crippen molar-refractivity contribution in [3.63, 3.8) is 0 Å². The van der Waals surface area contributed by atoms with E-state index in [9.17, 15) is 22.8 Å². The Morgan fingerprint density at radius 3 is 2.50 bits per heavy atom. The number of nitrogens with one attached hydrogen (secondary N) is 3. The van der Waals surface area contributed by atoms with Crippen LogP contribution in [0.3, 0.4) is 0 Å². The van der Waals surface area contributed by atoms with Crippen molar-refractivity contribution in [1.29, 1.82) is 0 Å². The number of carbonyl (C=O) groups excluding carboxylic acids is 1. The average molecular weight is 333 g/mol. The van der Waals surface area contributed by atoms with Crippen molar-refractivity contribution in [2.75, 3.05) is 10.6 Å². The van der Waals surface area contributed by atoms with E-state index in [0.29, 0.717) is 5.39 Å². The van der Waals surface area contributed by atoms with Crippen molar-refractivity contribution in [3.05, 3.63) is 70.3 Å². The third-order valence-electron chi connectivity index (χ3n) is 3.22. The number of aromatic nitrogens is 1. The highest BCUT2D eigenvalue weighted by Gasteiger charge is 2.10. The van der Waals surface area contributed by atoms with Crippen molar-refractivity contribution in [1.82, 2.24) is 4.98 Å². The first-order valence-corrected chi connectivity index (χ1v) is 6.78. The maximum Gasteiger partial charge on any atom is 0.323 e. The standard InChI is InChI=1S/C16H10F3N3O2/c17-9-2-3-11(18)13(6-9)21-16(24)20-10-5-8-1-4-14(23)22-15(8)12(19)7-10/h1-7H,(H,22,23)(H2,20,21,24). The van der Waals surface area contributed by atoms with Crippen LogP contribution >= 0.6 is 0 Å². The van der Waals surface area contributed by atoms with Gasteiger partial charge in [-0.2, -0.15) is 0 Å². The highest BCUT2D eigenvalue weighted by molar-refractivity contribution is 6.01. The first-order valence-electron chi connectivity index (χ1n) is 6.78. The van der Waals surface area contributed by atoms with E-state index in [2.05, 4.69) is 15.6 Å². The predicted octanol–water partition coefficient (Wildman–Crippen LogP) is 3.59. The van der Waals surface area contributed by atoms with Crippen molar-refractivity contribution < 1.29 is 18.0 Å². The second kappa shape index (κ2) is 6.07. The molecule has 8 heteroatoms. The summed E-state index contributed by atoms with van der Waals surface area (Å²) in [6, 6.07) is 6.77. The highest BCUT2D eigenvalue weighted by atomic mass is 19.1. The Morgan fingerprint density at radius 2 is 1.71 bits per heavy atom. The van der Waals surface area contributed by atoms with Crippen LogP contribution in [0.2, 0.25) is 0 Å². The Kier molecular flexibility index (Phi) is 3.95. The number of rotatable bonds is 2. The zero-order valence-corrected chi connectivity index (χ0v) is 12.0. The summed E-state index contributed by atoms with van der Waals surface area (Å²) in [6.45, 7) is 0. The molecule has 24 heavy (non-hydrogen) atoms. The fourth-order valence-electron chi connectivity index (χ4n) is 2.17. The van der Waals surface area contributed by atoms with Crippen LogP contribution in [0.5, 0.6) is 0 Å². The molecule has 3 aromatic rings. The molecule has 0 saturated heterocycles. The molecular weight excluding hydrogens is 323 g/mol. The van der Waals surface area contributed by atoms with Gasteiger partial charge in [-0.25, -0.2) is 18.0 Å². The number of fused-ring (bicyclic) bond motifs is 1. The van der Waals surface area contributed by atoms with Gasteiger partial charge in [0.1, 0.15) is 17.5 Å². The summed E-state index contributed by atoms with van der Waals surface area (Å²) in [7, 11) is 0. The summed E-state index contributed by atoms with van der Waals surface area (Å²) < 4.78 is 40.5. The Bertz CT molecular complexity index is 1000. The predicted molar refractivity (Wildman–Crippen MR) is 83.5 cm³/mol. The number of urea groups is 1. The second-order valence-electron chi connectivity index (χ2n) is 4.95. The second-order valence-corrected chi connectivity index (χ2v) is 4.95. The highest BCUT2D eigenvalue weighted by Crippen LogP contribution is 2.21. The molecule has 3 rings (SSSR count). The van der Waals surface area contributed by atoms with E-state index in [-0.39, 0.29) is 16.9 Å². The normalized spacial score (nSPS) is 10.6. The molecule has 0 atom stereocenters. The summed E-state index contributed by atoms with van der Waals surface area (Å²) in [5, 5.41) is 4.81.